The van der Waals surface area contributed by atoms with Crippen molar-refractivity contribution in [1.82, 2.24) is 5.32 Å². The third-order valence-corrected chi connectivity index (χ3v) is 5.50. The zero-order valence-corrected chi connectivity index (χ0v) is 18.1. The Bertz CT molecular complexity index is 1060. The third kappa shape index (κ3) is 4.07. The molecule has 0 fully saturated rings. The molecule has 2 aliphatic rings. The Kier molecular flexibility index (Phi) is 6.08. The lowest BCUT2D eigenvalue weighted by atomic mass is 9.92. The van der Waals surface area contributed by atoms with E-state index < -0.39 is 12.0 Å². The van der Waals surface area contributed by atoms with Crippen LogP contribution in [0, 0.1) is 5.82 Å². The summed E-state index contributed by atoms with van der Waals surface area (Å²) in [5.74, 6) is 0.406. The topological polar surface area (TPSA) is 60.0 Å². The van der Waals surface area contributed by atoms with Gasteiger partial charge in [0.1, 0.15) is 19.0 Å². The first-order valence-electron chi connectivity index (χ1n) is 10.1. The molecule has 2 heterocycles. The molecule has 1 unspecified atom stereocenters. The first-order chi connectivity index (χ1) is 15.0. The van der Waals surface area contributed by atoms with Gasteiger partial charge in [-0.15, -0.1) is 0 Å². The van der Waals surface area contributed by atoms with Crippen LogP contribution in [0.2, 0.25) is 0 Å². The standard InChI is InChI=1S/C23H23FN2O4S/c1-3-5-17-20(22(27)28-2)21(14-6-4-7-15(24)12-14)25-23(31)26(17)16-8-9-18-19(13-16)30-11-10-29-18/h4,6-9,12-13,21H,3,5,10-11H2,1-2H3,(H,25,31). The highest BCUT2D eigenvalue weighted by Gasteiger charge is 2.37. The Balaban J connectivity index is 1.86. The van der Waals surface area contributed by atoms with Crippen LogP contribution < -0.4 is 19.7 Å². The smallest absolute Gasteiger partial charge is 0.337 e. The predicted molar refractivity (Wildman–Crippen MR) is 119 cm³/mol. The van der Waals surface area contributed by atoms with E-state index in [4.69, 9.17) is 26.4 Å². The molecule has 1 N–H and O–H groups in total. The molecule has 0 aromatic heterocycles. The van der Waals surface area contributed by atoms with Crippen LogP contribution in [0.5, 0.6) is 11.5 Å². The molecule has 1 atom stereocenters. The second-order valence-corrected chi connectivity index (χ2v) is 7.59. The fourth-order valence-corrected chi connectivity index (χ4v) is 4.21. The minimum absolute atomic E-state index is 0.388. The molecular weight excluding hydrogens is 419 g/mol. The van der Waals surface area contributed by atoms with Gasteiger partial charge in [0.05, 0.1) is 24.4 Å². The average molecular weight is 443 g/mol. The van der Waals surface area contributed by atoms with Crippen molar-refractivity contribution in [3.8, 4) is 11.5 Å². The lowest BCUT2D eigenvalue weighted by Gasteiger charge is -2.39. The van der Waals surface area contributed by atoms with E-state index in [1.54, 1.807) is 12.1 Å². The first-order valence-corrected chi connectivity index (χ1v) is 10.5. The minimum atomic E-state index is -0.620. The Labute approximate surface area is 185 Å². The SMILES string of the molecule is CCCC1=C(C(=O)OC)C(c2cccc(F)c2)NC(=S)N1c1ccc2c(c1)OCCO2. The van der Waals surface area contributed by atoms with Gasteiger partial charge < -0.3 is 19.5 Å². The zero-order chi connectivity index (χ0) is 22.0. The molecule has 2 aromatic rings. The second-order valence-electron chi connectivity index (χ2n) is 7.20. The average Bonchev–Trinajstić information content (AvgIpc) is 2.78. The molecule has 2 aromatic carbocycles. The van der Waals surface area contributed by atoms with E-state index in [1.165, 1.54) is 19.2 Å². The van der Waals surface area contributed by atoms with E-state index >= 15 is 0 Å². The summed E-state index contributed by atoms with van der Waals surface area (Å²) in [7, 11) is 1.34. The summed E-state index contributed by atoms with van der Waals surface area (Å²) in [6, 6.07) is 11.0. The number of thiocarbonyl (C=S) groups is 1. The molecule has 31 heavy (non-hydrogen) atoms. The van der Waals surface area contributed by atoms with Gasteiger partial charge in [-0.05, 0) is 48.5 Å². The number of hydrogen-bond donors (Lipinski definition) is 1. The highest BCUT2D eigenvalue weighted by molar-refractivity contribution is 7.80. The second kappa shape index (κ2) is 8.93. The quantitative estimate of drug-likeness (QED) is 0.548. The fraction of sp³-hybridized carbons (Fsp3) is 0.304. The number of allylic oxidation sites excluding steroid dienone is 1. The van der Waals surface area contributed by atoms with Crippen LogP contribution in [0.25, 0.3) is 0 Å². The Morgan fingerprint density at radius 2 is 2.00 bits per heavy atom. The molecule has 4 rings (SSSR count). The van der Waals surface area contributed by atoms with Crippen LogP contribution in [0.4, 0.5) is 10.1 Å². The van der Waals surface area contributed by atoms with Crippen molar-refractivity contribution in [2.75, 3.05) is 25.2 Å². The van der Waals surface area contributed by atoms with Crippen LogP contribution >= 0.6 is 12.2 Å². The van der Waals surface area contributed by atoms with Crippen molar-refractivity contribution >= 4 is 29.0 Å². The molecule has 6 nitrogen and oxygen atoms in total. The number of hydrogen-bond acceptors (Lipinski definition) is 5. The summed E-state index contributed by atoms with van der Waals surface area (Å²) < 4.78 is 30.4. The number of benzene rings is 2. The van der Waals surface area contributed by atoms with Crippen LogP contribution in [-0.2, 0) is 9.53 Å². The van der Waals surface area contributed by atoms with E-state index in [9.17, 15) is 9.18 Å². The molecule has 0 bridgehead atoms. The van der Waals surface area contributed by atoms with Gasteiger partial charge in [-0.1, -0.05) is 25.5 Å². The Morgan fingerprint density at radius 1 is 1.23 bits per heavy atom. The maximum atomic E-state index is 13.9. The summed E-state index contributed by atoms with van der Waals surface area (Å²) in [6.45, 7) is 2.98. The van der Waals surface area contributed by atoms with Gasteiger partial charge in [0.2, 0.25) is 0 Å². The summed E-state index contributed by atoms with van der Waals surface area (Å²) in [5.41, 5.74) is 2.45. The van der Waals surface area contributed by atoms with Crippen LogP contribution in [0.3, 0.4) is 0 Å². The number of anilines is 1. The fourth-order valence-electron chi connectivity index (χ4n) is 3.88. The number of carbonyl (C=O) groups excluding carboxylic acids is 1. The van der Waals surface area contributed by atoms with E-state index in [1.807, 2.05) is 30.0 Å². The van der Waals surface area contributed by atoms with E-state index in [0.717, 1.165) is 12.1 Å². The van der Waals surface area contributed by atoms with Gasteiger partial charge in [0.25, 0.3) is 0 Å². The van der Waals surface area contributed by atoms with Gasteiger partial charge in [-0.25, -0.2) is 9.18 Å². The van der Waals surface area contributed by atoms with Crippen molar-refractivity contribution < 1.29 is 23.4 Å². The summed E-state index contributed by atoms with van der Waals surface area (Å²) >= 11 is 5.70. The van der Waals surface area contributed by atoms with Crippen LogP contribution in [0.1, 0.15) is 31.4 Å². The molecule has 0 saturated carbocycles. The number of nitrogens with zero attached hydrogens (tertiary/aromatic N) is 1. The summed E-state index contributed by atoms with van der Waals surface area (Å²) in [5, 5.41) is 3.61. The summed E-state index contributed by atoms with van der Waals surface area (Å²) in [6.07, 6.45) is 1.35. The van der Waals surface area contributed by atoms with Gasteiger partial charge in [-0.2, -0.15) is 0 Å². The highest BCUT2D eigenvalue weighted by atomic mass is 32.1. The summed E-state index contributed by atoms with van der Waals surface area (Å²) in [4.78, 5) is 14.7. The lowest BCUT2D eigenvalue weighted by Crippen LogP contribution is -2.48. The van der Waals surface area contributed by atoms with Gasteiger partial charge in [-0.3, -0.25) is 4.90 Å². The van der Waals surface area contributed by atoms with E-state index in [2.05, 4.69) is 5.32 Å². The maximum Gasteiger partial charge on any atom is 0.337 e. The molecule has 0 radical (unpaired) electrons. The number of rotatable bonds is 5. The monoisotopic (exact) mass is 442 g/mol. The number of nitrogens with one attached hydrogen (secondary N) is 1. The van der Waals surface area contributed by atoms with E-state index in [-0.39, 0.29) is 5.82 Å². The van der Waals surface area contributed by atoms with Gasteiger partial charge in [0.15, 0.2) is 16.6 Å². The first kappa shape index (κ1) is 21.1. The highest BCUT2D eigenvalue weighted by Crippen LogP contribution is 2.40. The van der Waals surface area contributed by atoms with Crippen molar-refractivity contribution in [3.05, 3.63) is 65.1 Å². The van der Waals surface area contributed by atoms with Gasteiger partial charge >= 0.3 is 5.97 Å². The van der Waals surface area contributed by atoms with E-state index in [0.29, 0.717) is 53.1 Å². The molecule has 8 heteroatoms. The molecule has 162 valence electrons. The van der Waals surface area contributed by atoms with Crippen molar-refractivity contribution in [2.24, 2.45) is 0 Å². The number of methoxy groups -OCH3 is 1. The van der Waals surface area contributed by atoms with Gasteiger partial charge in [0, 0.05) is 11.8 Å². The Morgan fingerprint density at radius 3 is 2.71 bits per heavy atom. The normalized spacial score (nSPS) is 18.0. The Hall–Kier alpha value is -3.13. The molecule has 0 aliphatic carbocycles. The van der Waals surface area contributed by atoms with Crippen molar-refractivity contribution in [2.45, 2.75) is 25.8 Å². The number of esters is 1. The number of carbonyl (C=O) groups is 1. The third-order valence-electron chi connectivity index (χ3n) is 5.20. The predicted octanol–water partition coefficient (Wildman–Crippen LogP) is 4.26. The van der Waals surface area contributed by atoms with Crippen molar-refractivity contribution in [1.29, 1.82) is 0 Å². The number of halogens is 1. The molecule has 0 amide bonds. The molecule has 2 aliphatic heterocycles. The largest absolute Gasteiger partial charge is 0.486 e. The molecular formula is C23H23FN2O4S. The molecule has 0 spiro atoms. The number of fused-ring (bicyclic) bond motifs is 1. The van der Waals surface area contributed by atoms with Crippen molar-refractivity contribution in [3.63, 3.8) is 0 Å². The van der Waals surface area contributed by atoms with Crippen LogP contribution in [-0.4, -0.2) is 31.4 Å². The lowest BCUT2D eigenvalue weighted by molar-refractivity contribution is -0.136. The minimum Gasteiger partial charge on any atom is -0.486 e. The van der Waals surface area contributed by atoms with Crippen LogP contribution in [0.15, 0.2) is 53.7 Å². The molecule has 0 saturated heterocycles. The zero-order valence-electron chi connectivity index (χ0n) is 17.3. The maximum absolute atomic E-state index is 13.9. The number of ether oxygens (including phenoxy) is 3.